The largest absolute Gasteiger partial charge is 0.399 e. The van der Waals surface area contributed by atoms with Gasteiger partial charge in [0.2, 0.25) is 0 Å². The summed E-state index contributed by atoms with van der Waals surface area (Å²) in [6.07, 6.45) is 5.68. The van der Waals surface area contributed by atoms with E-state index < -0.39 is 0 Å². The van der Waals surface area contributed by atoms with Crippen molar-refractivity contribution in [3.63, 3.8) is 0 Å². The number of aryl methyl sites for hydroxylation is 1. The molecule has 0 aromatic heterocycles. The van der Waals surface area contributed by atoms with Crippen molar-refractivity contribution in [2.75, 3.05) is 11.1 Å². The molecule has 0 aliphatic heterocycles. The molecule has 1 aromatic carbocycles. The summed E-state index contributed by atoms with van der Waals surface area (Å²) in [5.41, 5.74) is 9.18. The van der Waals surface area contributed by atoms with Crippen LogP contribution in [0.3, 0.4) is 0 Å². The fourth-order valence-electron chi connectivity index (χ4n) is 3.53. The van der Waals surface area contributed by atoms with Gasteiger partial charge < -0.3 is 11.1 Å². The van der Waals surface area contributed by atoms with Gasteiger partial charge in [0.15, 0.2) is 0 Å². The molecule has 0 heterocycles. The molecule has 86 valence electrons. The molecule has 0 radical (unpaired) electrons. The molecule has 0 spiro atoms. The van der Waals surface area contributed by atoms with E-state index in [9.17, 15) is 0 Å². The fraction of sp³-hybridized carbons (Fsp3) is 0.571. The number of nitrogens with one attached hydrogen (secondary N) is 1. The van der Waals surface area contributed by atoms with Gasteiger partial charge in [0.25, 0.3) is 0 Å². The van der Waals surface area contributed by atoms with Gasteiger partial charge in [-0.05, 0) is 61.8 Å². The number of rotatable bonds is 2. The Kier molecular flexibility index (Phi) is 2.31. The first kappa shape index (κ1) is 10.0. The van der Waals surface area contributed by atoms with Gasteiger partial charge >= 0.3 is 0 Å². The standard InChI is InChI=1S/C14H20N2/c1-9-4-12(15)8-13(5-9)16-14-7-10-2-3-11(14)6-10/h4-5,8,10-11,14,16H,2-3,6-7,15H2,1H3. The van der Waals surface area contributed by atoms with Crippen molar-refractivity contribution < 1.29 is 0 Å². The predicted molar refractivity (Wildman–Crippen MR) is 68.5 cm³/mol. The lowest BCUT2D eigenvalue weighted by atomic mass is 9.95. The average Bonchev–Trinajstić information content (AvgIpc) is 2.77. The minimum atomic E-state index is 0.694. The number of nitrogen functional groups attached to an aromatic ring is 1. The van der Waals surface area contributed by atoms with E-state index in [4.69, 9.17) is 5.73 Å². The van der Waals surface area contributed by atoms with Gasteiger partial charge in [-0.1, -0.05) is 6.42 Å². The summed E-state index contributed by atoms with van der Waals surface area (Å²) >= 11 is 0. The summed E-state index contributed by atoms with van der Waals surface area (Å²) < 4.78 is 0. The van der Waals surface area contributed by atoms with Crippen LogP contribution in [0.25, 0.3) is 0 Å². The number of benzene rings is 1. The molecule has 0 saturated heterocycles. The highest BCUT2D eigenvalue weighted by Gasteiger charge is 2.39. The highest BCUT2D eigenvalue weighted by Crippen LogP contribution is 2.45. The first-order chi connectivity index (χ1) is 7.70. The molecule has 2 heteroatoms. The minimum absolute atomic E-state index is 0.694. The molecule has 3 atom stereocenters. The van der Waals surface area contributed by atoms with E-state index in [-0.39, 0.29) is 0 Å². The zero-order valence-electron chi connectivity index (χ0n) is 9.87. The zero-order chi connectivity index (χ0) is 11.1. The molecule has 2 aliphatic carbocycles. The third-order valence-corrected chi connectivity index (χ3v) is 4.19. The molecule has 3 N–H and O–H groups in total. The quantitative estimate of drug-likeness (QED) is 0.745. The van der Waals surface area contributed by atoms with Crippen molar-refractivity contribution in [3.8, 4) is 0 Å². The molecule has 2 bridgehead atoms. The van der Waals surface area contributed by atoms with Crippen LogP contribution in [-0.2, 0) is 0 Å². The van der Waals surface area contributed by atoms with Gasteiger partial charge in [-0.15, -0.1) is 0 Å². The lowest BCUT2D eigenvalue weighted by Crippen LogP contribution is -2.25. The molecule has 2 fully saturated rings. The minimum Gasteiger partial charge on any atom is -0.399 e. The van der Waals surface area contributed by atoms with Crippen molar-refractivity contribution >= 4 is 11.4 Å². The Balaban J connectivity index is 1.74. The van der Waals surface area contributed by atoms with E-state index in [1.54, 1.807) is 0 Å². The van der Waals surface area contributed by atoms with Crippen LogP contribution in [-0.4, -0.2) is 6.04 Å². The summed E-state index contributed by atoms with van der Waals surface area (Å²) in [4.78, 5) is 0. The van der Waals surface area contributed by atoms with Crippen molar-refractivity contribution in [2.45, 2.75) is 38.6 Å². The van der Waals surface area contributed by atoms with Crippen LogP contribution in [0.1, 0.15) is 31.2 Å². The Morgan fingerprint density at radius 2 is 2.06 bits per heavy atom. The second-order valence-electron chi connectivity index (χ2n) is 5.56. The maximum absolute atomic E-state index is 5.87. The molecule has 1 aromatic rings. The SMILES string of the molecule is Cc1cc(N)cc(NC2CC3CCC2C3)c1. The summed E-state index contributed by atoms with van der Waals surface area (Å²) in [6, 6.07) is 6.97. The smallest absolute Gasteiger partial charge is 0.0365 e. The van der Waals surface area contributed by atoms with Crippen LogP contribution in [0.15, 0.2) is 18.2 Å². The van der Waals surface area contributed by atoms with Crippen LogP contribution in [0, 0.1) is 18.8 Å². The van der Waals surface area contributed by atoms with E-state index in [0.29, 0.717) is 6.04 Å². The Hall–Kier alpha value is -1.18. The van der Waals surface area contributed by atoms with E-state index >= 15 is 0 Å². The molecule has 16 heavy (non-hydrogen) atoms. The summed E-state index contributed by atoms with van der Waals surface area (Å²) in [5.74, 6) is 1.90. The second-order valence-corrected chi connectivity index (χ2v) is 5.56. The van der Waals surface area contributed by atoms with Gasteiger partial charge in [-0.2, -0.15) is 0 Å². The lowest BCUT2D eigenvalue weighted by Gasteiger charge is -2.24. The topological polar surface area (TPSA) is 38.0 Å². The highest BCUT2D eigenvalue weighted by molar-refractivity contribution is 5.57. The van der Waals surface area contributed by atoms with Gasteiger partial charge in [0, 0.05) is 17.4 Å². The van der Waals surface area contributed by atoms with E-state index in [1.165, 1.54) is 36.9 Å². The number of nitrogens with two attached hydrogens (primary N) is 1. The third kappa shape index (κ3) is 1.77. The van der Waals surface area contributed by atoms with Gasteiger partial charge in [0.1, 0.15) is 0 Å². The first-order valence-corrected chi connectivity index (χ1v) is 6.34. The van der Waals surface area contributed by atoms with Crippen LogP contribution >= 0.6 is 0 Å². The Morgan fingerprint density at radius 1 is 1.19 bits per heavy atom. The molecule has 2 aliphatic rings. The average molecular weight is 216 g/mol. The van der Waals surface area contributed by atoms with Gasteiger partial charge in [0.05, 0.1) is 0 Å². The van der Waals surface area contributed by atoms with Crippen molar-refractivity contribution in [2.24, 2.45) is 11.8 Å². The van der Waals surface area contributed by atoms with Crippen molar-refractivity contribution in [1.29, 1.82) is 0 Å². The Labute approximate surface area is 97.2 Å². The number of anilines is 2. The number of hydrogen-bond donors (Lipinski definition) is 2. The van der Waals surface area contributed by atoms with Crippen LogP contribution in [0.5, 0.6) is 0 Å². The normalized spacial score (nSPS) is 31.9. The molecule has 3 unspecified atom stereocenters. The van der Waals surface area contributed by atoms with Crippen molar-refractivity contribution in [3.05, 3.63) is 23.8 Å². The molecule has 3 rings (SSSR count). The van der Waals surface area contributed by atoms with E-state index in [2.05, 4.69) is 24.4 Å². The van der Waals surface area contributed by atoms with Crippen LogP contribution < -0.4 is 11.1 Å². The van der Waals surface area contributed by atoms with Gasteiger partial charge in [-0.3, -0.25) is 0 Å². The number of hydrogen-bond acceptors (Lipinski definition) is 2. The number of fused-ring (bicyclic) bond motifs is 2. The second kappa shape index (κ2) is 3.69. The predicted octanol–water partition coefficient (Wildman–Crippen LogP) is 3.18. The van der Waals surface area contributed by atoms with Gasteiger partial charge in [-0.25, -0.2) is 0 Å². The van der Waals surface area contributed by atoms with Crippen molar-refractivity contribution in [1.82, 2.24) is 0 Å². The third-order valence-electron chi connectivity index (χ3n) is 4.19. The maximum Gasteiger partial charge on any atom is 0.0365 e. The summed E-state index contributed by atoms with van der Waals surface area (Å²) in [6.45, 7) is 2.10. The Morgan fingerprint density at radius 3 is 2.69 bits per heavy atom. The van der Waals surface area contributed by atoms with Crippen LogP contribution in [0.2, 0.25) is 0 Å². The first-order valence-electron chi connectivity index (χ1n) is 6.34. The molecular formula is C14H20N2. The van der Waals surface area contributed by atoms with E-state index in [0.717, 1.165) is 17.5 Å². The molecule has 2 nitrogen and oxygen atoms in total. The highest BCUT2D eigenvalue weighted by atomic mass is 14.9. The Bertz CT molecular complexity index is 379. The lowest BCUT2D eigenvalue weighted by molar-refractivity contribution is 0.440. The van der Waals surface area contributed by atoms with Crippen LogP contribution in [0.4, 0.5) is 11.4 Å². The van der Waals surface area contributed by atoms with E-state index in [1.807, 2.05) is 6.07 Å². The monoisotopic (exact) mass is 216 g/mol. The summed E-state index contributed by atoms with van der Waals surface area (Å²) in [5, 5.41) is 3.67. The molecule has 0 amide bonds. The molecular weight excluding hydrogens is 196 g/mol. The fourth-order valence-corrected chi connectivity index (χ4v) is 3.53. The maximum atomic E-state index is 5.87. The molecule has 2 saturated carbocycles. The zero-order valence-corrected chi connectivity index (χ0v) is 9.87. The summed E-state index contributed by atoms with van der Waals surface area (Å²) in [7, 11) is 0.